The van der Waals surface area contributed by atoms with E-state index in [1.165, 1.54) is 6.92 Å². The first-order chi connectivity index (χ1) is 8.93. The fourth-order valence-corrected chi connectivity index (χ4v) is 2.96. The first kappa shape index (κ1) is 15.7. The second-order valence-corrected chi connectivity index (χ2v) is 5.39. The van der Waals surface area contributed by atoms with E-state index in [1.807, 2.05) is 13.0 Å². The molecule has 0 radical (unpaired) electrons. The number of halogens is 1. The van der Waals surface area contributed by atoms with Gasteiger partial charge in [0.2, 0.25) is 0 Å². The molecule has 1 rings (SSSR count). The van der Waals surface area contributed by atoms with Gasteiger partial charge in [-0.3, -0.25) is 4.79 Å². The quantitative estimate of drug-likeness (QED) is 0.736. The van der Waals surface area contributed by atoms with Crippen LogP contribution in [-0.4, -0.2) is 11.1 Å². The lowest BCUT2D eigenvalue weighted by Gasteiger charge is -2.29. The molecule has 0 aromatic carbocycles. The molecule has 3 heteroatoms. The third kappa shape index (κ3) is 5.01. The lowest BCUT2D eigenvalue weighted by molar-refractivity contribution is -0.138. The molecular formula is C16H23FO2. The molecule has 19 heavy (non-hydrogen) atoms. The summed E-state index contributed by atoms with van der Waals surface area (Å²) >= 11 is 0. The Kier molecular flexibility index (Phi) is 6.00. The molecule has 1 N–H and O–H groups in total. The van der Waals surface area contributed by atoms with Crippen molar-refractivity contribution in [3.63, 3.8) is 0 Å². The molecule has 0 aromatic heterocycles. The average Bonchev–Trinajstić information content (AvgIpc) is 2.30. The zero-order chi connectivity index (χ0) is 14.4. The smallest absolute Gasteiger partial charge is 0.303 e. The number of carboxylic acid groups (broad SMARTS) is 1. The fourth-order valence-electron chi connectivity index (χ4n) is 2.96. The van der Waals surface area contributed by atoms with Crippen molar-refractivity contribution in [2.45, 2.75) is 46.0 Å². The maximum Gasteiger partial charge on any atom is 0.303 e. The van der Waals surface area contributed by atoms with Crippen LogP contribution < -0.4 is 0 Å². The van der Waals surface area contributed by atoms with E-state index in [2.05, 4.69) is 6.58 Å². The molecule has 1 aliphatic carbocycles. The number of hydrogen-bond donors (Lipinski definition) is 1. The van der Waals surface area contributed by atoms with Crippen molar-refractivity contribution in [3.8, 4) is 0 Å². The highest BCUT2D eigenvalue weighted by Crippen LogP contribution is 2.36. The number of carboxylic acids is 1. The van der Waals surface area contributed by atoms with Gasteiger partial charge in [0.15, 0.2) is 0 Å². The van der Waals surface area contributed by atoms with Gasteiger partial charge in [-0.25, -0.2) is 4.39 Å². The van der Waals surface area contributed by atoms with E-state index in [0.29, 0.717) is 11.8 Å². The van der Waals surface area contributed by atoms with Crippen LogP contribution in [0.5, 0.6) is 0 Å². The van der Waals surface area contributed by atoms with Gasteiger partial charge in [-0.2, -0.15) is 0 Å². The fraction of sp³-hybridized carbons (Fsp3) is 0.562. The molecule has 1 saturated carbocycles. The van der Waals surface area contributed by atoms with Crippen molar-refractivity contribution in [2.75, 3.05) is 0 Å². The lowest BCUT2D eigenvalue weighted by Crippen LogP contribution is -2.18. The molecule has 0 aromatic rings. The van der Waals surface area contributed by atoms with Crippen molar-refractivity contribution < 1.29 is 14.3 Å². The summed E-state index contributed by atoms with van der Waals surface area (Å²) in [6.45, 7) is 7.17. The monoisotopic (exact) mass is 266 g/mol. The summed E-state index contributed by atoms with van der Waals surface area (Å²) in [6.07, 6.45) is 7.42. The average molecular weight is 266 g/mol. The topological polar surface area (TPSA) is 37.3 Å². The SMILES string of the molecule is C=C/C(=C(C)/C=C(\C)F)C1CCC(CC(=O)O)CC1. The van der Waals surface area contributed by atoms with Gasteiger partial charge in [0.25, 0.3) is 0 Å². The van der Waals surface area contributed by atoms with Crippen LogP contribution in [0.4, 0.5) is 4.39 Å². The van der Waals surface area contributed by atoms with E-state index in [9.17, 15) is 9.18 Å². The minimum atomic E-state index is -0.713. The van der Waals surface area contributed by atoms with Crippen LogP contribution in [-0.2, 0) is 4.79 Å². The molecule has 106 valence electrons. The summed E-state index contributed by atoms with van der Waals surface area (Å²) in [4.78, 5) is 10.7. The number of allylic oxidation sites excluding steroid dienone is 5. The van der Waals surface area contributed by atoms with E-state index in [-0.39, 0.29) is 12.2 Å². The number of aliphatic carboxylic acids is 1. The maximum absolute atomic E-state index is 12.9. The van der Waals surface area contributed by atoms with E-state index in [0.717, 1.165) is 36.8 Å². The lowest BCUT2D eigenvalue weighted by atomic mass is 9.76. The number of carbonyl (C=O) groups is 1. The van der Waals surface area contributed by atoms with Crippen LogP contribution in [0, 0.1) is 11.8 Å². The summed E-state index contributed by atoms with van der Waals surface area (Å²) in [5.41, 5.74) is 2.03. The van der Waals surface area contributed by atoms with Crippen molar-refractivity contribution >= 4 is 5.97 Å². The molecule has 2 nitrogen and oxygen atoms in total. The standard InChI is InChI=1S/C16H23FO2/c1-4-15(11(2)9-12(3)17)14-7-5-13(6-8-14)10-16(18)19/h4,9,13-14H,1,5-8,10H2,2-3H3,(H,18,19)/b12-9+,15-11-. The number of rotatable bonds is 5. The zero-order valence-corrected chi connectivity index (χ0v) is 11.8. The minimum absolute atomic E-state index is 0.198. The van der Waals surface area contributed by atoms with Crippen LogP contribution in [0.2, 0.25) is 0 Å². The Morgan fingerprint density at radius 2 is 1.89 bits per heavy atom. The molecular weight excluding hydrogens is 243 g/mol. The number of hydrogen-bond acceptors (Lipinski definition) is 1. The Hall–Kier alpha value is -1.38. The van der Waals surface area contributed by atoms with Crippen molar-refractivity contribution in [3.05, 3.63) is 35.7 Å². The van der Waals surface area contributed by atoms with Crippen LogP contribution in [0.3, 0.4) is 0 Å². The third-order valence-electron chi connectivity index (χ3n) is 3.84. The van der Waals surface area contributed by atoms with Crippen LogP contribution in [0.1, 0.15) is 46.0 Å². The molecule has 1 aliphatic rings. The maximum atomic E-state index is 12.9. The highest BCUT2D eigenvalue weighted by molar-refractivity contribution is 5.67. The Labute approximate surface area is 114 Å². The van der Waals surface area contributed by atoms with E-state index < -0.39 is 5.97 Å². The van der Waals surface area contributed by atoms with E-state index in [4.69, 9.17) is 5.11 Å². The summed E-state index contributed by atoms with van der Waals surface area (Å²) < 4.78 is 12.9. The van der Waals surface area contributed by atoms with Crippen LogP contribution in [0.15, 0.2) is 35.7 Å². The molecule has 1 fully saturated rings. The van der Waals surface area contributed by atoms with Gasteiger partial charge in [0, 0.05) is 6.42 Å². The third-order valence-corrected chi connectivity index (χ3v) is 3.84. The van der Waals surface area contributed by atoms with Gasteiger partial charge >= 0.3 is 5.97 Å². The normalized spacial score (nSPS) is 25.7. The summed E-state index contributed by atoms with van der Waals surface area (Å²) in [7, 11) is 0. The van der Waals surface area contributed by atoms with Gasteiger partial charge in [-0.1, -0.05) is 12.7 Å². The highest BCUT2D eigenvalue weighted by atomic mass is 19.1. The van der Waals surface area contributed by atoms with Gasteiger partial charge in [-0.15, -0.1) is 0 Å². The molecule has 0 amide bonds. The Morgan fingerprint density at radius 1 is 1.32 bits per heavy atom. The largest absolute Gasteiger partial charge is 0.481 e. The molecule has 0 atom stereocenters. The van der Waals surface area contributed by atoms with Gasteiger partial charge in [0.05, 0.1) is 5.83 Å². The summed E-state index contributed by atoms with van der Waals surface area (Å²) in [5, 5.41) is 8.80. The highest BCUT2D eigenvalue weighted by Gasteiger charge is 2.24. The van der Waals surface area contributed by atoms with Crippen molar-refractivity contribution in [2.24, 2.45) is 11.8 Å². The minimum Gasteiger partial charge on any atom is -0.481 e. The zero-order valence-electron chi connectivity index (χ0n) is 11.8. The van der Waals surface area contributed by atoms with E-state index >= 15 is 0 Å². The first-order valence-electron chi connectivity index (χ1n) is 6.82. The predicted octanol–water partition coefficient (Wildman–Crippen LogP) is 4.64. The Balaban J connectivity index is 2.69. The first-order valence-corrected chi connectivity index (χ1v) is 6.82. The second-order valence-electron chi connectivity index (χ2n) is 5.39. The van der Waals surface area contributed by atoms with Gasteiger partial charge in [-0.05, 0) is 68.6 Å². The molecule has 0 spiro atoms. The predicted molar refractivity (Wildman–Crippen MR) is 75.5 cm³/mol. The molecule has 0 aliphatic heterocycles. The Morgan fingerprint density at radius 3 is 2.32 bits per heavy atom. The van der Waals surface area contributed by atoms with Crippen molar-refractivity contribution in [1.82, 2.24) is 0 Å². The molecule has 0 unspecified atom stereocenters. The molecule has 0 heterocycles. The molecule has 0 saturated heterocycles. The van der Waals surface area contributed by atoms with Crippen LogP contribution in [0.25, 0.3) is 0 Å². The van der Waals surface area contributed by atoms with Gasteiger partial charge < -0.3 is 5.11 Å². The van der Waals surface area contributed by atoms with Gasteiger partial charge in [0.1, 0.15) is 0 Å². The Bertz CT molecular complexity index is 395. The molecule has 0 bridgehead atoms. The second kappa shape index (κ2) is 7.27. The summed E-state index contributed by atoms with van der Waals surface area (Å²) in [6, 6.07) is 0. The summed E-state index contributed by atoms with van der Waals surface area (Å²) in [5.74, 6) is -0.233. The van der Waals surface area contributed by atoms with Crippen LogP contribution >= 0.6 is 0 Å². The van der Waals surface area contributed by atoms with E-state index in [1.54, 1.807) is 6.08 Å². The van der Waals surface area contributed by atoms with Crippen molar-refractivity contribution in [1.29, 1.82) is 0 Å².